The molecule has 1 atom stereocenters. The van der Waals surface area contributed by atoms with Crippen molar-refractivity contribution in [2.24, 2.45) is 0 Å². The van der Waals surface area contributed by atoms with E-state index in [4.69, 9.17) is 5.11 Å². The summed E-state index contributed by atoms with van der Waals surface area (Å²) in [6.45, 7) is 1.91. The second-order valence-electron chi connectivity index (χ2n) is 4.30. The Morgan fingerprint density at radius 3 is 2.89 bits per heavy atom. The molecule has 1 heterocycles. The topological polar surface area (TPSA) is 84.2 Å². The summed E-state index contributed by atoms with van der Waals surface area (Å²) in [6, 6.07) is 6.78. The van der Waals surface area contributed by atoms with E-state index in [2.05, 4.69) is 10.3 Å². The number of amides is 1. The number of hydrogen-bond donors (Lipinski definition) is 2. The Morgan fingerprint density at radius 2 is 2.16 bits per heavy atom. The smallest absolute Gasteiger partial charge is 0.325 e. The lowest BCUT2D eigenvalue weighted by Crippen LogP contribution is -2.38. The largest absolute Gasteiger partial charge is 0.480 e. The molecule has 0 aliphatic carbocycles. The fourth-order valence-corrected chi connectivity index (χ4v) is 1.79. The predicted molar refractivity (Wildman–Crippen MR) is 69.6 cm³/mol. The van der Waals surface area contributed by atoms with E-state index in [1.165, 1.54) is 6.92 Å². The number of hydrogen-bond acceptors (Lipinski definition) is 3. The number of rotatable bonds is 5. The van der Waals surface area contributed by atoms with Crippen molar-refractivity contribution in [2.75, 3.05) is 0 Å². The molecule has 0 spiro atoms. The highest BCUT2D eigenvalue weighted by Crippen LogP contribution is 2.11. The van der Waals surface area contributed by atoms with Crippen molar-refractivity contribution in [3.05, 3.63) is 30.6 Å². The fraction of sp³-hybridized carbons (Fsp3) is 0.308. The van der Waals surface area contributed by atoms with Gasteiger partial charge in [-0.15, -0.1) is 0 Å². The first-order valence-electron chi connectivity index (χ1n) is 6.00. The molecule has 6 nitrogen and oxygen atoms in total. The van der Waals surface area contributed by atoms with Gasteiger partial charge in [-0.05, 0) is 19.1 Å². The van der Waals surface area contributed by atoms with E-state index in [1.54, 1.807) is 6.33 Å². The minimum Gasteiger partial charge on any atom is -0.480 e. The minimum absolute atomic E-state index is 0.220. The molecule has 6 heteroatoms. The molecule has 2 aromatic rings. The molecular formula is C13H15N3O3. The van der Waals surface area contributed by atoms with Gasteiger partial charge in [0.25, 0.3) is 0 Å². The molecule has 0 aliphatic rings. The summed E-state index contributed by atoms with van der Waals surface area (Å²) < 4.78 is 1.88. The fourth-order valence-electron chi connectivity index (χ4n) is 1.79. The van der Waals surface area contributed by atoms with Crippen LogP contribution >= 0.6 is 0 Å². The first-order valence-corrected chi connectivity index (χ1v) is 6.00. The first-order chi connectivity index (χ1) is 9.08. The highest BCUT2D eigenvalue weighted by Gasteiger charge is 2.13. The maximum absolute atomic E-state index is 11.6. The zero-order valence-electron chi connectivity index (χ0n) is 10.5. The normalized spacial score (nSPS) is 12.3. The van der Waals surface area contributed by atoms with E-state index in [1.807, 2.05) is 28.8 Å². The highest BCUT2D eigenvalue weighted by atomic mass is 16.4. The van der Waals surface area contributed by atoms with Gasteiger partial charge in [0.2, 0.25) is 5.91 Å². The molecule has 0 saturated heterocycles. The van der Waals surface area contributed by atoms with Crippen LogP contribution in [0.4, 0.5) is 0 Å². The van der Waals surface area contributed by atoms with Gasteiger partial charge < -0.3 is 15.0 Å². The van der Waals surface area contributed by atoms with Gasteiger partial charge in [-0.2, -0.15) is 0 Å². The van der Waals surface area contributed by atoms with E-state index in [9.17, 15) is 9.59 Å². The van der Waals surface area contributed by atoms with Gasteiger partial charge in [-0.25, -0.2) is 4.98 Å². The molecule has 0 aliphatic heterocycles. The number of carboxylic acid groups (broad SMARTS) is 1. The van der Waals surface area contributed by atoms with Crippen molar-refractivity contribution >= 4 is 22.9 Å². The third-order valence-corrected chi connectivity index (χ3v) is 2.86. The Kier molecular flexibility index (Phi) is 3.79. The van der Waals surface area contributed by atoms with Gasteiger partial charge in [-0.3, -0.25) is 9.59 Å². The lowest BCUT2D eigenvalue weighted by Gasteiger charge is -2.09. The Labute approximate surface area is 110 Å². The molecule has 19 heavy (non-hydrogen) atoms. The molecular weight excluding hydrogens is 246 g/mol. The molecule has 0 saturated carbocycles. The molecule has 0 fully saturated rings. The zero-order chi connectivity index (χ0) is 13.8. The SMILES string of the molecule is CC(NC(=O)CCn1cnc2ccccc21)C(=O)O. The van der Waals surface area contributed by atoms with Crippen molar-refractivity contribution in [3.63, 3.8) is 0 Å². The number of nitrogens with one attached hydrogen (secondary N) is 1. The van der Waals surface area contributed by atoms with Gasteiger partial charge in [0.05, 0.1) is 17.4 Å². The van der Waals surface area contributed by atoms with Crippen LogP contribution in [-0.2, 0) is 16.1 Å². The summed E-state index contributed by atoms with van der Waals surface area (Å²) in [4.78, 5) is 26.4. The average Bonchev–Trinajstić information content (AvgIpc) is 2.79. The van der Waals surface area contributed by atoms with Crippen molar-refractivity contribution in [1.82, 2.24) is 14.9 Å². The number of carbonyl (C=O) groups is 2. The van der Waals surface area contributed by atoms with Crippen LogP contribution in [0.15, 0.2) is 30.6 Å². The number of aryl methyl sites for hydroxylation is 1. The quantitative estimate of drug-likeness (QED) is 0.841. The molecule has 1 unspecified atom stereocenters. The summed E-state index contributed by atoms with van der Waals surface area (Å²) >= 11 is 0. The molecule has 2 rings (SSSR count). The van der Waals surface area contributed by atoms with E-state index >= 15 is 0 Å². The summed E-state index contributed by atoms with van der Waals surface area (Å²) in [5, 5.41) is 11.1. The van der Waals surface area contributed by atoms with E-state index in [-0.39, 0.29) is 12.3 Å². The van der Waals surface area contributed by atoms with Crippen molar-refractivity contribution in [2.45, 2.75) is 25.9 Å². The monoisotopic (exact) mass is 261 g/mol. The van der Waals surface area contributed by atoms with Crippen LogP contribution in [-0.4, -0.2) is 32.6 Å². The first kappa shape index (κ1) is 13.1. The second-order valence-corrected chi connectivity index (χ2v) is 4.30. The molecule has 0 radical (unpaired) electrons. The Morgan fingerprint density at radius 1 is 1.42 bits per heavy atom. The van der Waals surface area contributed by atoms with Gasteiger partial charge in [0, 0.05) is 13.0 Å². The van der Waals surface area contributed by atoms with Crippen LogP contribution in [0.25, 0.3) is 11.0 Å². The number of nitrogens with zero attached hydrogens (tertiary/aromatic N) is 2. The number of carboxylic acids is 1. The number of para-hydroxylation sites is 2. The van der Waals surface area contributed by atoms with Gasteiger partial charge in [-0.1, -0.05) is 12.1 Å². The third kappa shape index (κ3) is 3.09. The van der Waals surface area contributed by atoms with Crippen LogP contribution in [0, 0.1) is 0 Å². The molecule has 1 amide bonds. The van der Waals surface area contributed by atoms with Crippen LogP contribution < -0.4 is 5.32 Å². The summed E-state index contributed by atoms with van der Waals surface area (Å²) in [5.41, 5.74) is 1.84. The zero-order valence-corrected chi connectivity index (χ0v) is 10.5. The number of aromatic nitrogens is 2. The Bertz CT molecular complexity index is 606. The van der Waals surface area contributed by atoms with Crippen molar-refractivity contribution in [3.8, 4) is 0 Å². The molecule has 100 valence electrons. The maximum atomic E-state index is 11.6. The summed E-state index contributed by atoms with van der Waals surface area (Å²) in [6.07, 6.45) is 1.90. The van der Waals surface area contributed by atoms with Crippen molar-refractivity contribution in [1.29, 1.82) is 0 Å². The number of benzene rings is 1. The van der Waals surface area contributed by atoms with Crippen molar-refractivity contribution < 1.29 is 14.7 Å². The minimum atomic E-state index is -1.04. The van der Waals surface area contributed by atoms with Crippen LogP contribution in [0.2, 0.25) is 0 Å². The number of aliphatic carboxylic acids is 1. The molecule has 1 aromatic heterocycles. The summed E-state index contributed by atoms with van der Waals surface area (Å²) in [5.74, 6) is -1.32. The van der Waals surface area contributed by atoms with Gasteiger partial charge >= 0.3 is 5.97 Å². The van der Waals surface area contributed by atoms with E-state index in [0.717, 1.165) is 11.0 Å². The molecule has 2 N–H and O–H groups in total. The lowest BCUT2D eigenvalue weighted by molar-refractivity contribution is -0.141. The predicted octanol–water partition coefficient (Wildman–Crippen LogP) is 1.02. The average molecular weight is 261 g/mol. The van der Waals surface area contributed by atoms with Crippen LogP contribution in [0.5, 0.6) is 0 Å². The lowest BCUT2D eigenvalue weighted by atomic mass is 10.3. The number of carbonyl (C=O) groups excluding carboxylic acids is 1. The van der Waals surface area contributed by atoms with E-state index in [0.29, 0.717) is 6.54 Å². The van der Waals surface area contributed by atoms with E-state index < -0.39 is 12.0 Å². The summed E-state index contributed by atoms with van der Waals surface area (Å²) in [7, 11) is 0. The molecule has 1 aromatic carbocycles. The number of imidazole rings is 1. The van der Waals surface area contributed by atoms with Gasteiger partial charge in [0.1, 0.15) is 6.04 Å². The second kappa shape index (κ2) is 5.51. The number of fused-ring (bicyclic) bond motifs is 1. The maximum Gasteiger partial charge on any atom is 0.325 e. The van der Waals surface area contributed by atoms with Crippen LogP contribution in [0.3, 0.4) is 0 Å². The van der Waals surface area contributed by atoms with Gasteiger partial charge in [0.15, 0.2) is 0 Å². The highest BCUT2D eigenvalue weighted by molar-refractivity contribution is 5.83. The Balaban J connectivity index is 1.95. The standard InChI is InChI=1S/C13H15N3O3/c1-9(13(18)19)15-12(17)6-7-16-8-14-10-4-2-3-5-11(10)16/h2-5,8-9H,6-7H2,1H3,(H,15,17)(H,18,19). The van der Waals surface area contributed by atoms with Crippen LogP contribution in [0.1, 0.15) is 13.3 Å². The third-order valence-electron chi connectivity index (χ3n) is 2.86. The molecule has 0 bridgehead atoms. The Hall–Kier alpha value is -2.37.